The van der Waals surface area contributed by atoms with E-state index in [0.29, 0.717) is 0 Å². The lowest BCUT2D eigenvalue weighted by Crippen LogP contribution is -2.00. The van der Waals surface area contributed by atoms with Gasteiger partial charge in [0.2, 0.25) is 0 Å². The van der Waals surface area contributed by atoms with Gasteiger partial charge in [-0.25, -0.2) is 0 Å². The largest absolute Gasteiger partial charge is 0.309 e. The monoisotopic (exact) mass is 844 g/mol. The van der Waals surface area contributed by atoms with E-state index in [1.807, 2.05) is 11.3 Å². The van der Waals surface area contributed by atoms with Crippen molar-refractivity contribution in [1.29, 1.82) is 0 Å². The van der Waals surface area contributed by atoms with Crippen LogP contribution in [-0.4, -0.2) is 18.3 Å². The molecule has 0 aliphatic heterocycles. The summed E-state index contributed by atoms with van der Waals surface area (Å²) < 4.78 is 12.5. The third-order valence-corrected chi connectivity index (χ3v) is 15.1. The van der Waals surface area contributed by atoms with E-state index in [-0.39, 0.29) is 0 Å². The van der Waals surface area contributed by atoms with Gasteiger partial charge in [0.05, 0.1) is 65.9 Å². The molecule has 5 heteroatoms. The van der Waals surface area contributed by atoms with Crippen LogP contribution >= 0.6 is 11.3 Å². The van der Waals surface area contributed by atoms with E-state index in [0.717, 1.165) is 5.69 Å². The van der Waals surface area contributed by atoms with E-state index in [1.54, 1.807) is 0 Å². The van der Waals surface area contributed by atoms with Crippen LogP contribution in [0.25, 0.3) is 130 Å². The van der Waals surface area contributed by atoms with Gasteiger partial charge in [0, 0.05) is 64.2 Å². The molecule has 0 N–H and O–H groups in total. The predicted molar refractivity (Wildman–Crippen MR) is 277 cm³/mol. The molecule has 4 nitrogen and oxygen atoms in total. The normalized spacial score (nSPS) is 12.3. The van der Waals surface area contributed by atoms with Gasteiger partial charge in [-0.1, -0.05) is 140 Å². The molecule has 5 aromatic heterocycles. The minimum atomic E-state index is 1.16. The third kappa shape index (κ3) is 4.69. The van der Waals surface area contributed by atoms with Crippen molar-refractivity contribution in [3.63, 3.8) is 0 Å². The Morgan fingerprint density at radius 2 is 0.662 bits per heavy atom. The molecule has 0 aliphatic carbocycles. The minimum Gasteiger partial charge on any atom is -0.309 e. The first kappa shape index (κ1) is 35.1. The number of hydrogen-bond donors (Lipinski definition) is 0. The summed E-state index contributed by atoms with van der Waals surface area (Å²) >= 11 is 1.89. The molecule has 0 atom stereocenters. The highest BCUT2D eigenvalue weighted by Gasteiger charge is 2.24. The van der Waals surface area contributed by atoms with Gasteiger partial charge in [-0.15, -0.1) is 11.3 Å². The van der Waals surface area contributed by atoms with E-state index in [9.17, 15) is 0 Å². The molecular formula is C60H36N4S. The standard InChI is InChI=1S/C60H36N4S/c1-7-24-47-38(16-1)39-17-2-8-25-48(39)61(47)37-34-35-53-46(36-37)43-21-6-11-28-51(43)62(53)54-30-15-33-57-58(54)45-23-14-32-56(60(45)65-57)64-52-29-12-5-20-42(52)44-22-13-31-55(59(44)64)63-49-26-9-3-18-40(49)41-19-4-10-27-50(41)63/h1-36H. The molecule has 0 bridgehead atoms. The fraction of sp³-hybridized carbons (Fsp3) is 0. The van der Waals surface area contributed by atoms with Crippen LogP contribution in [0.4, 0.5) is 0 Å². The van der Waals surface area contributed by atoms with E-state index >= 15 is 0 Å². The quantitative estimate of drug-likeness (QED) is 0.168. The lowest BCUT2D eigenvalue weighted by Gasteiger charge is -2.15. The van der Waals surface area contributed by atoms with Gasteiger partial charge in [-0.2, -0.15) is 0 Å². The van der Waals surface area contributed by atoms with Gasteiger partial charge in [-0.05, 0) is 78.9 Å². The predicted octanol–water partition coefficient (Wildman–Crippen LogP) is 16.4. The Balaban J connectivity index is 0.996. The third-order valence-electron chi connectivity index (χ3n) is 14.0. The van der Waals surface area contributed by atoms with Gasteiger partial charge >= 0.3 is 0 Å². The Morgan fingerprint density at radius 3 is 1.25 bits per heavy atom. The Bertz CT molecular complexity index is 4380. The maximum absolute atomic E-state index is 2.54. The average Bonchev–Trinajstić information content (AvgIpc) is 4.17. The first-order valence-corrected chi connectivity index (χ1v) is 23.1. The van der Waals surface area contributed by atoms with Crippen LogP contribution in [0.5, 0.6) is 0 Å². The number of fused-ring (bicyclic) bond motifs is 15. The summed E-state index contributed by atoms with van der Waals surface area (Å²) in [6, 6.07) is 80.6. The van der Waals surface area contributed by atoms with Gasteiger partial charge in [-0.3, -0.25) is 0 Å². The van der Waals surface area contributed by atoms with Gasteiger partial charge in [0.1, 0.15) is 0 Å². The summed E-state index contributed by atoms with van der Waals surface area (Å²) in [6.45, 7) is 0. The van der Waals surface area contributed by atoms with E-state index in [4.69, 9.17) is 0 Å². The smallest absolute Gasteiger partial charge is 0.0782 e. The fourth-order valence-corrected chi connectivity index (χ4v) is 12.6. The second kappa shape index (κ2) is 13.1. The Morgan fingerprint density at radius 1 is 0.262 bits per heavy atom. The van der Waals surface area contributed by atoms with Crippen LogP contribution in [-0.2, 0) is 0 Å². The molecule has 0 aliphatic rings. The minimum absolute atomic E-state index is 1.16. The summed E-state index contributed by atoms with van der Waals surface area (Å²) in [6.07, 6.45) is 0. The molecule has 0 amide bonds. The highest BCUT2D eigenvalue weighted by molar-refractivity contribution is 7.26. The van der Waals surface area contributed by atoms with E-state index in [2.05, 4.69) is 237 Å². The fourth-order valence-electron chi connectivity index (χ4n) is 11.4. The molecule has 0 fully saturated rings. The molecule has 15 aromatic rings. The SMILES string of the molecule is c1cc(-n2c3ccccc3c3cc(-n4c5ccccc5c5ccccc54)ccc32)c2c(c1)sc1c(-n3c4ccccc4c4cccc(-n5c6ccccc6c6ccccc65)c43)cccc12. The Kier molecular flexibility index (Phi) is 7.07. The van der Waals surface area contributed by atoms with Crippen molar-refractivity contribution in [1.82, 2.24) is 18.3 Å². The van der Waals surface area contributed by atoms with Crippen LogP contribution in [0.15, 0.2) is 218 Å². The molecule has 0 spiro atoms. The van der Waals surface area contributed by atoms with Crippen molar-refractivity contribution in [2.45, 2.75) is 0 Å². The van der Waals surface area contributed by atoms with E-state index in [1.165, 1.54) is 124 Å². The van der Waals surface area contributed by atoms with Crippen molar-refractivity contribution in [2.24, 2.45) is 0 Å². The first-order chi connectivity index (χ1) is 32.3. The zero-order chi connectivity index (χ0) is 42.3. The molecule has 302 valence electrons. The second-order valence-corrected chi connectivity index (χ2v) is 18.3. The lowest BCUT2D eigenvalue weighted by molar-refractivity contribution is 1.14. The van der Waals surface area contributed by atoms with Gasteiger partial charge < -0.3 is 18.3 Å². The molecule has 5 heterocycles. The molecule has 0 radical (unpaired) electrons. The number of rotatable bonds is 4. The maximum Gasteiger partial charge on any atom is 0.0782 e. The van der Waals surface area contributed by atoms with Crippen molar-refractivity contribution >= 4 is 119 Å². The Hall–Kier alpha value is -8.38. The highest BCUT2D eigenvalue weighted by Crippen LogP contribution is 2.46. The van der Waals surface area contributed by atoms with Crippen LogP contribution in [0, 0.1) is 0 Å². The number of hydrogen-bond acceptors (Lipinski definition) is 1. The maximum atomic E-state index is 2.54. The molecule has 0 unspecified atom stereocenters. The molecule has 0 saturated heterocycles. The zero-order valence-corrected chi connectivity index (χ0v) is 35.8. The van der Waals surface area contributed by atoms with Crippen molar-refractivity contribution in [3.8, 4) is 22.7 Å². The van der Waals surface area contributed by atoms with Crippen LogP contribution in [0.2, 0.25) is 0 Å². The van der Waals surface area contributed by atoms with Crippen molar-refractivity contribution in [2.75, 3.05) is 0 Å². The number of aromatic nitrogens is 4. The van der Waals surface area contributed by atoms with Crippen molar-refractivity contribution < 1.29 is 0 Å². The van der Waals surface area contributed by atoms with E-state index < -0.39 is 0 Å². The number of benzene rings is 10. The summed E-state index contributed by atoms with van der Waals surface area (Å²) in [5.74, 6) is 0. The first-order valence-electron chi connectivity index (χ1n) is 22.3. The highest BCUT2D eigenvalue weighted by atomic mass is 32.1. The molecular weight excluding hydrogens is 809 g/mol. The molecule has 10 aromatic carbocycles. The van der Waals surface area contributed by atoms with Crippen LogP contribution in [0.3, 0.4) is 0 Å². The number of nitrogens with zero attached hydrogens (tertiary/aromatic N) is 4. The molecule has 65 heavy (non-hydrogen) atoms. The lowest BCUT2D eigenvalue weighted by atomic mass is 10.1. The van der Waals surface area contributed by atoms with Gasteiger partial charge in [0.25, 0.3) is 0 Å². The average molecular weight is 845 g/mol. The zero-order valence-electron chi connectivity index (χ0n) is 35.0. The van der Waals surface area contributed by atoms with Crippen LogP contribution < -0.4 is 0 Å². The summed E-state index contributed by atoms with van der Waals surface area (Å²) in [5.41, 5.74) is 14.3. The Labute approximate surface area is 376 Å². The topological polar surface area (TPSA) is 19.7 Å². The van der Waals surface area contributed by atoms with Gasteiger partial charge in [0.15, 0.2) is 0 Å². The molecule has 15 rings (SSSR count). The van der Waals surface area contributed by atoms with Crippen molar-refractivity contribution in [3.05, 3.63) is 218 Å². The molecule has 0 saturated carbocycles. The summed E-state index contributed by atoms with van der Waals surface area (Å²) in [5, 5.41) is 12.5. The second-order valence-electron chi connectivity index (χ2n) is 17.2. The number of para-hydroxylation sites is 7. The van der Waals surface area contributed by atoms with Crippen LogP contribution in [0.1, 0.15) is 0 Å². The summed E-state index contributed by atoms with van der Waals surface area (Å²) in [7, 11) is 0. The summed E-state index contributed by atoms with van der Waals surface area (Å²) in [4.78, 5) is 0. The number of thiophene rings is 1.